The summed E-state index contributed by atoms with van der Waals surface area (Å²) in [4.78, 5) is 68.9. The van der Waals surface area contributed by atoms with Crippen LogP contribution in [0, 0.1) is 11.8 Å². The topological polar surface area (TPSA) is 120 Å². The predicted octanol–water partition coefficient (Wildman–Crippen LogP) is 4.46. The van der Waals surface area contributed by atoms with Gasteiger partial charge in [0, 0.05) is 11.1 Å². The van der Waals surface area contributed by atoms with Crippen molar-refractivity contribution in [1.82, 2.24) is 4.90 Å². The molecule has 43 heavy (non-hydrogen) atoms. The van der Waals surface area contributed by atoms with Gasteiger partial charge in [-0.3, -0.25) is 24.2 Å². The molecule has 0 aromatic heterocycles. The lowest BCUT2D eigenvalue weighted by Gasteiger charge is -2.45. The average Bonchev–Trinajstić information content (AvgIpc) is 3.53. The normalized spacial score (nSPS) is 23.0. The molecule has 0 spiro atoms. The molecule has 10 nitrogen and oxygen atoms in total. The van der Waals surface area contributed by atoms with Crippen LogP contribution in [0.4, 0.5) is 5.69 Å². The highest BCUT2D eigenvalue weighted by atomic mass is 32.2. The molecule has 1 saturated carbocycles. The molecule has 5 rings (SSSR count). The minimum absolute atomic E-state index is 0.0796. The average molecular weight is 645 g/mol. The molecule has 228 valence electrons. The third-order valence-corrected chi connectivity index (χ3v) is 11.4. The number of thiocarbonyl (C=S) groups is 1. The lowest BCUT2D eigenvalue weighted by atomic mass is 9.81. The number of hydrogen-bond donors (Lipinski definition) is 0. The molecule has 2 fully saturated rings. The van der Waals surface area contributed by atoms with E-state index in [1.54, 1.807) is 32.0 Å². The lowest BCUT2D eigenvalue weighted by molar-refractivity contribution is -0.143. The largest absolute Gasteiger partial charge is 0.494 e. The van der Waals surface area contributed by atoms with Gasteiger partial charge in [-0.2, -0.15) is 0 Å². The summed E-state index contributed by atoms with van der Waals surface area (Å²) in [7, 11) is 2.46. The number of nitrogens with zero attached hydrogens (tertiary/aromatic N) is 2. The number of imide groups is 1. The lowest BCUT2D eigenvalue weighted by Crippen LogP contribution is -2.58. The number of carbonyl (C=O) groups is 5. The van der Waals surface area contributed by atoms with Gasteiger partial charge in [-0.25, -0.2) is 9.59 Å². The second-order valence-corrected chi connectivity index (χ2v) is 13.7. The van der Waals surface area contributed by atoms with Gasteiger partial charge >= 0.3 is 11.9 Å². The van der Waals surface area contributed by atoms with E-state index in [9.17, 15) is 24.0 Å². The van der Waals surface area contributed by atoms with E-state index >= 15 is 0 Å². The quantitative estimate of drug-likeness (QED) is 0.189. The Bertz CT molecular complexity index is 1460. The van der Waals surface area contributed by atoms with Crippen LogP contribution in [0.5, 0.6) is 5.75 Å². The fourth-order valence-electron chi connectivity index (χ4n) is 6.09. The van der Waals surface area contributed by atoms with Crippen molar-refractivity contribution < 1.29 is 38.2 Å². The summed E-state index contributed by atoms with van der Waals surface area (Å²) in [6, 6.07) is 5.25. The molecular formula is C30H32N2O8S3. The van der Waals surface area contributed by atoms with E-state index in [1.807, 2.05) is 6.92 Å². The molecule has 1 aliphatic carbocycles. The Labute approximate surface area is 263 Å². The van der Waals surface area contributed by atoms with E-state index in [0.29, 0.717) is 51.1 Å². The van der Waals surface area contributed by atoms with Gasteiger partial charge in [0.05, 0.1) is 53.0 Å². The predicted molar refractivity (Wildman–Crippen MR) is 167 cm³/mol. The minimum Gasteiger partial charge on any atom is -0.494 e. The number of esters is 2. The molecule has 1 aromatic carbocycles. The zero-order valence-electron chi connectivity index (χ0n) is 24.5. The third kappa shape index (κ3) is 5.29. The third-order valence-electron chi connectivity index (χ3n) is 8.15. The monoisotopic (exact) mass is 644 g/mol. The summed E-state index contributed by atoms with van der Waals surface area (Å²) in [5.74, 6) is -2.58. The summed E-state index contributed by atoms with van der Waals surface area (Å²) < 4.78 is 16.2. The Balaban J connectivity index is 1.59. The smallest absolute Gasteiger partial charge is 0.346 e. The van der Waals surface area contributed by atoms with E-state index in [1.165, 1.54) is 19.1 Å². The molecule has 0 N–H and O–H groups in total. The first-order valence-electron chi connectivity index (χ1n) is 14.0. The summed E-state index contributed by atoms with van der Waals surface area (Å²) in [5, 5.41) is 0. The number of carbonyl (C=O) groups excluding carboxylic acids is 5. The zero-order chi connectivity index (χ0) is 31.2. The number of benzene rings is 1. The fraction of sp³-hybridized carbons (Fsp3) is 0.467. The molecule has 2 atom stereocenters. The highest BCUT2D eigenvalue weighted by Gasteiger charge is 2.51. The number of methoxy groups -OCH3 is 2. The second kappa shape index (κ2) is 12.1. The number of ether oxygens (including phenoxy) is 3. The van der Waals surface area contributed by atoms with Crippen LogP contribution in [0.3, 0.4) is 0 Å². The van der Waals surface area contributed by atoms with Gasteiger partial charge in [-0.15, -0.1) is 0 Å². The fourth-order valence-corrected chi connectivity index (χ4v) is 9.13. The highest BCUT2D eigenvalue weighted by molar-refractivity contribution is 8.29. The van der Waals surface area contributed by atoms with Gasteiger partial charge in [-0.05, 0) is 51.8 Å². The highest BCUT2D eigenvalue weighted by Crippen LogP contribution is 2.56. The van der Waals surface area contributed by atoms with Gasteiger partial charge in [0.2, 0.25) is 17.7 Å². The summed E-state index contributed by atoms with van der Waals surface area (Å²) in [6.07, 6.45) is 3.10. The van der Waals surface area contributed by atoms with Gasteiger partial charge < -0.3 is 14.2 Å². The number of rotatable bonds is 6. The van der Waals surface area contributed by atoms with E-state index in [2.05, 4.69) is 0 Å². The number of hydrogen-bond acceptors (Lipinski definition) is 11. The number of fused-ring (bicyclic) bond motifs is 2. The Hall–Kier alpha value is -3.16. The first-order chi connectivity index (χ1) is 20.5. The van der Waals surface area contributed by atoms with E-state index in [0.717, 1.165) is 41.3 Å². The summed E-state index contributed by atoms with van der Waals surface area (Å²) in [6.45, 7) is 5.44. The van der Waals surface area contributed by atoms with Crippen molar-refractivity contribution in [2.45, 2.75) is 52.0 Å². The maximum Gasteiger partial charge on any atom is 0.346 e. The molecule has 0 bridgehead atoms. The molecule has 3 aliphatic heterocycles. The Morgan fingerprint density at radius 2 is 1.53 bits per heavy atom. The van der Waals surface area contributed by atoms with Crippen molar-refractivity contribution in [3.8, 4) is 5.75 Å². The summed E-state index contributed by atoms with van der Waals surface area (Å²) >= 11 is 8.15. The molecule has 0 radical (unpaired) electrons. The summed E-state index contributed by atoms with van der Waals surface area (Å²) in [5.41, 5.74) is 0.531. The first kappa shape index (κ1) is 31.3. The van der Waals surface area contributed by atoms with Crippen molar-refractivity contribution in [3.05, 3.63) is 37.8 Å². The van der Waals surface area contributed by atoms with Crippen molar-refractivity contribution >= 4 is 81.5 Å². The molecule has 3 amide bonds. The van der Waals surface area contributed by atoms with Gasteiger partial charge in [0.1, 0.15) is 22.1 Å². The Morgan fingerprint density at radius 1 is 0.977 bits per heavy atom. The van der Waals surface area contributed by atoms with Crippen LogP contribution < -0.4 is 9.64 Å². The molecular weight excluding hydrogens is 613 g/mol. The van der Waals surface area contributed by atoms with Crippen molar-refractivity contribution in [2.24, 2.45) is 11.8 Å². The van der Waals surface area contributed by atoms with E-state index in [-0.39, 0.29) is 40.0 Å². The molecule has 13 heteroatoms. The van der Waals surface area contributed by atoms with Crippen LogP contribution in [0.2, 0.25) is 0 Å². The van der Waals surface area contributed by atoms with Gasteiger partial charge in [0.25, 0.3) is 0 Å². The standard InChI is InChI=1S/C30H32N2O8S3/c1-6-40-15-11-12-19-18(13-15)21(29-42-22(27(36)38-4)23(43-29)28(37)39-5)24(41)30(2,3)32(19)20(33)14-31-25(34)16-9-7-8-10-17(16)26(31)35/h11-13,16-17H,6-10,14H2,1-5H3/t16-,17-/m1/s1. The van der Waals surface area contributed by atoms with Crippen LogP contribution in [-0.2, 0) is 33.4 Å². The van der Waals surface area contributed by atoms with Gasteiger partial charge in [-0.1, -0.05) is 48.6 Å². The molecule has 1 saturated heterocycles. The Morgan fingerprint density at radius 3 is 2.05 bits per heavy atom. The van der Waals surface area contributed by atoms with Crippen LogP contribution in [0.1, 0.15) is 52.0 Å². The number of likely N-dealkylation sites (tertiary alicyclic amines) is 1. The first-order valence-corrected chi connectivity index (χ1v) is 16.0. The SMILES string of the molecule is CCOc1ccc2c(c1)C(=C1SC(C(=O)OC)=C(C(=O)OC)S1)C(=S)C(C)(C)N2C(=O)CN1C(=O)[C@@H]2CCCC[C@H]2C1=O. The van der Waals surface area contributed by atoms with Crippen molar-refractivity contribution in [3.63, 3.8) is 0 Å². The molecule has 0 unspecified atom stereocenters. The Kier molecular flexibility index (Phi) is 8.79. The van der Waals surface area contributed by atoms with Crippen LogP contribution in [0.25, 0.3) is 5.57 Å². The molecule has 1 aromatic rings. The van der Waals surface area contributed by atoms with Gasteiger partial charge in [0.15, 0.2) is 0 Å². The van der Waals surface area contributed by atoms with E-state index < -0.39 is 23.4 Å². The van der Waals surface area contributed by atoms with Crippen molar-refractivity contribution in [2.75, 3.05) is 32.3 Å². The maximum absolute atomic E-state index is 14.1. The minimum atomic E-state index is -1.09. The number of anilines is 1. The van der Waals surface area contributed by atoms with E-state index in [4.69, 9.17) is 26.4 Å². The molecule has 4 aliphatic rings. The second-order valence-electron chi connectivity index (χ2n) is 11.0. The number of thioether (sulfide) groups is 2. The van der Waals surface area contributed by atoms with Crippen LogP contribution in [0.15, 0.2) is 32.2 Å². The van der Waals surface area contributed by atoms with Crippen molar-refractivity contribution in [1.29, 1.82) is 0 Å². The van der Waals surface area contributed by atoms with Crippen LogP contribution >= 0.6 is 35.7 Å². The maximum atomic E-state index is 14.1. The molecule has 3 heterocycles. The zero-order valence-corrected chi connectivity index (χ0v) is 27.0. The number of amides is 3. The van der Waals surface area contributed by atoms with Crippen LogP contribution in [-0.4, -0.2) is 72.3 Å².